The maximum Gasteiger partial charge on any atom is 0.136 e. The van der Waals surface area contributed by atoms with E-state index in [0.29, 0.717) is 27.9 Å². The minimum absolute atomic E-state index is 0.396. The van der Waals surface area contributed by atoms with Gasteiger partial charge in [-0.05, 0) is 41.9 Å². The molecule has 0 aliphatic heterocycles. The van der Waals surface area contributed by atoms with Crippen LogP contribution in [0.4, 0.5) is 0 Å². The lowest BCUT2D eigenvalue weighted by Crippen LogP contribution is -2.48. The first-order chi connectivity index (χ1) is 6.93. The van der Waals surface area contributed by atoms with Crippen LogP contribution in [0.5, 0.6) is 0 Å². The van der Waals surface area contributed by atoms with Gasteiger partial charge in [0.1, 0.15) is 5.78 Å². The highest BCUT2D eigenvalue weighted by Gasteiger charge is 2.74. The lowest BCUT2D eigenvalue weighted by molar-refractivity contribution is -0.132. The molecule has 0 radical (unpaired) electrons. The van der Waals surface area contributed by atoms with Crippen LogP contribution in [0.3, 0.4) is 0 Å². The van der Waals surface area contributed by atoms with Crippen molar-refractivity contribution in [3.8, 4) is 0 Å². The second-order valence-electron chi connectivity index (χ2n) is 6.99. The maximum atomic E-state index is 11.9. The molecule has 0 saturated heterocycles. The van der Waals surface area contributed by atoms with Crippen molar-refractivity contribution in [2.75, 3.05) is 0 Å². The molecule has 0 unspecified atom stereocenters. The Balaban J connectivity index is 2.06. The molecule has 0 heterocycles. The van der Waals surface area contributed by atoms with E-state index in [2.05, 4.69) is 20.8 Å². The van der Waals surface area contributed by atoms with E-state index in [1.807, 2.05) is 0 Å². The highest BCUT2D eigenvalue weighted by atomic mass is 16.1. The first kappa shape index (κ1) is 9.86. The Kier molecular flexibility index (Phi) is 1.64. The molecule has 0 aromatic rings. The van der Waals surface area contributed by atoms with Gasteiger partial charge in [-0.3, -0.25) is 4.79 Å². The van der Waals surface area contributed by atoms with Crippen molar-refractivity contribution in [1.29, 1.82) is 0 Å². The average molecular weight is 206 g/mol. The van der Waals surface area contributed by atoms with Gasteiger partial charge in [0.2, 0.25) is 0 Å². The first-order valence-electron chi connectivity index (χ1n) is 6.46. The van der Waals surface area contributed by atoms with Crippen LogP contribution in [-0.4, -0.2) is 5.78 Å². The van der Waals surface area contributed by atoms with Gasteiger partial charge >= 0.3 is 0 Å². The molecule has 0 amide bonds. The van der Waals surface area contributed by atoms with E-state index < -0.39 is 0 Å². The van der Waals surface area contributed by atoms with Gasteiger partial charge in [-0.1, -0.05) is 27.2 Å². The molecule has 0 N–H and O–H groups in total. The maximum absolute atomic E-state index is 11.9. The summed E-state index contributed by atoms with van der Waals surface area (Å²) >= 11 is 0. The van der Waals surface area contributed by atoms with Gasteiger partial charge in [0, 0.05) is 12.3 Å². The summed E-state index contributed by atoms with van der Waals surface area (Å²) in [4.78, 5) is 11.9. The normalized spacial score (nSPS) is 51.9. The molecule has 3 saturated carbocycles. The summed E-state index contributed by atoms with van der Waals surface area (Å²) in [5, 5.41) is 0. The topological polar surface area (TPSA) is 17.1 Å². The smallest absolute Gasteiger partial charge is 0.136 e. The van der Waals surface area contributed by atoms with Crippen molar-refractivity contribution in [3.05, 3.63) is 0 Å². The third-order valence-corrected chi connectivity index (χ3v) is 6.09. The quantitative estimate of drug-likeness (QED) is 0.592. The SMILES string of the molecule is CC1(C)CCC[C@@]2(C)CCC(=O)[C@@H]3C[C@]312. The van der Waals surface area contributed by atoms with Crippen LogP contribution in [0.25, 0.3) is 0 Å². The second-order valence-corrected chi connectivity index (χ2v) is 6.99. The molecule has 1 heteroatoms. The Bertz CT molecular complexity index is 330. The zero-order chi connectivity index (χ0) is 10.9. The Morgan fingerprint density at radius 2 is 1.87 bits per heavy atom. The van der Waals surface area contributed by atoms with E-state index in [9.17, 15) is 4.79 Å². The summed E-state index contributed by atoms with van der Waals surface area (Å²) < 4.78 is 0. The molecular formula is C14H22O. The average Bonchev–Trinajstić information content (AvgIpc) is 2.88. The Morgan fingerprint density at radius 3 is 2.60 bits per heavy atom. The number of carbonyl (C=O) groups excluding carboxylic acids is 1. The molecular weight excluding hydrogens is 184 g/mol. The van der Waals surface area contributed by atoms with Crippen molar-refractivity contribution in [3.63, 3.8) is 0 Å². The molecule has 3 aliphatic carbocycles. The monoisotopic (exact) mass is 206 g/mol. The Morgan fingerprint density at radius 1 is 1.13 bits per heavy atom. The van der Waals surface area contributed by atoms with E-state index in [1.54, 1.807) is 0 Å². The second kappa shape index (κ2) is 2.49. The van der Waals surface area contributed by atoms with Crippen LogP contribution in [0.15, 0.2) is 0 Å². The molecule has 3 aliphatic rings. The molecule has 3 fully saturated rings. The van der Waals surface area contributed by atoms with E-state index in [-0.39, 0.29) is 0 Å². The number of ketones is 1. The van der Waals surface area contributed by atoms with Crippen LogP contribution in [-0.2, 0) is 4.79 Å². The fourth-order valence-corrected chi connectivity index (χ4v) is 5.17. The van der Waals surface area contributed by atoms with Crippen molar-refractivity contribution in [1.82, 2.24) is 0 Å². The van der Waals surface area contributed by atoms with Crippen LogP contribution >= 0.6 is 0 Å². The van der Waals surface area contributed by atoms with Gasteiger partial charge in [0.15, 0.2) is 0 Å². The van der Waals surface area contributed by atoms with Crippen LogP contribution < -0.4 is 0 Å². The van der Waals surface area contributed by atoms with Crippen LogP contribution in [0.2, 0.25) is 0 Å². The first-order valence-corrected chi connectivity index (χ1v) is 6.46. The fourth-order valence-electron chi connectivity index (χ4n) is 5.17. The summed E-state index contributed by atoms with van der Waals surface area (Å²) in [6.45, 7) is 7.27. The van der Waals surface area contributed by atoms with Crippen molar-refractivity contribution in [2.45, 2.75) is 59.3 Å². The van der Waals surface area contributed by atoms with E-state index in [0.717, 1.165) is 12.8 Å². The lowest BCUT2D eigenvalue weighted by atomic mass is 9.49. The lowest BCUT2D eigenvalue weighted by Gasteiger charge is -2.54. The summed E-state index contributed by atoms with van der Waals surface area (Å²) in [5.74, 6) is 1.01. The van der Waals surface area contributed by atoms with Crippen LogP contribution in [0.1, 0.15) is 59.3 Å². The van der Waals surface area contributed by atoms with Gasteiger partial charge in [-0.2, -0.15) is 0 Å². The molecule has 1 nitrogen and oxygen atoms in total. The summed E-state index contributed by atoms with van der Waals surface area (Å²) in [5.41, 5.74) is 1.28. The highest BCUT2D eigenvalue weighted by molar-refractivity contribution is 5.86. The molecule has 0 aromatic heterocycles. The number of rotatable bonds is 0. The largest absolute Gasteiger partial charge is 0.299 e. The number of hydrogen-bond acceptors (Lipinski definition) is 1. The van der Waals surface area contributed by atoms with E-state index >= 15 is 0 Å². The number of Topliss-reactive ketones (excluding diaryl/α,β-unsaturated/α-hetero) is 1. The molecule has 0 aromatic carbocycles. The molecule has 3 atom stereocenters. The molecule has 3 rings (SSSR count). The van der Waals surface area contributed by atoms with Crippen molar-refractivity contribution in [2.24, 2.45) is 22.2 Å². The van der Waals surface area contributed by atoms with Gasteiger partial charge < -0.3 is 0 Å². The van der Waals surface area contributed by atoms with Crippen molar-refractivity contribution >= 4 is 5.78 Å². The molecule has 15 heavy (non-hydrogen) atoms. The van der Waals surface area contributed by atoms with Gasteiger partial charge in [-0.15, -0.1) is 0 Å². The zero-order valence-corrected chi connectivity index (χ0v) is 10.2. The van der Waals surface area contributed by atoms with E-state index in [4.69, 9.17) is 0 Å². The molecule has 1 spiro atoms. The predicted molar refractivity (Wildman–Crippen MR) is 60.5 cm³/mol. The molecule has 84 valence electrons. The van der Waals surface area contributed by atoms with E-state index in [1.165, 1.54) is 25.7 Å². The standard InChI is InChI=1S/C14H22O/c1-12(2)6-4-7-13(3)8-5-11(15)10-9-14(10,12)13/h10H,4-9H2,1-3H3/t10-,13-,14-/m0/s1. The van der Waals surface area contributed by atoms with Gasteiger partial charge in [0.05, 0.1) is 0 Å². The fraction of sp³-hybridized carbons (Fsp3) is 0.929. The predicted octanol–water partition coefficient (Wildman–Crippen LogP) is 3.57. The number of hydrogen-bond donors (Lipinski definition) is 0. The highest BCUT2D eigenvalue weighted by Crippen LogP contribution is 2.79. The van der Waals surface area contributed by atoms with Gasteiger partial charge in [0.25, 0.3) is 0 Å². The van der Waals surface area contributed by atoms with Gasteiger partial charge in [-0.25, -0.2) is 0 Å². The third-order valence-electron chi connectivity index (χ3n) is 6.09. The number of carbonyl (C=O) groups is 1. The van der Waals surface area contributed by atoms with Crippen LogP contribution in [0, 0.1) is 22.2 Å². The minimum atomic E-state index is 0.396. The summed E-state index contributed by atoms with van der Waals surface area (Å²) in [7, 11) is 0. The van der Waals surface area contributed by atoms with Crippen molar-refractivity contribution < 1.29 is 4.79 Å². The molecule has 0 bridgehead atoms. The minimum Gasteiger partial charge on any atom is -0.299 e. The Hall–Kier alpha value is -0.330. The summed E-state index contributed by atoms with van der Waals surface area (Å²) in [6.07, 6.45) is 7.28. The Labute approximate surface area is 92.6 Å². The zero-order valence-electron chi connectivity index (χ0n) is 10.2. The summed E-state index contributed by atoms with van der Waals surface area (Å²) in [6, 6.07) is 0. The third kappa shape index (κ3) is 0.933.